The van der Waals surface area contributed by atoms with Gasteiger partial charge in [0.25, 0.3) is 0 Å². The third-order valence-electron chi connectivity index (χ3n) is 3.80. The van der Waals surface area contributed by atoms with E-state index in [9.17, 15) is 18.0 Å². The van der Waals surface area contributed by atoms with Crippen LogP contribution in [-0.2, 0) is 11.2 Å². The Hall–Kier alpha value is -1.09. The fourth-order valence-electron chi connectivity index (χ4n) is 2.51. The molecule has 10 heteroatoms. The zero-order valence-electron chi connectivity index (χ0n) is 13.8. The molecule has 0 aromatic carbocycles. The van der Waals surface area contributed by atoms with Gasteiger partial charge in [-0.3, -0.25) is 14.7 Å². The van der Waals surface area contributed by atoms with Gasteiger partial charge >= 0.3 is 6.18 Å². The van der Waals surface area contributed by atoms with Crippen molar-refractivity contribution in [2.45, 2.75) is 25.6 Å². The summed E-state index contributed by atoms with van der Waals surface area (Å²) in [6, 6.07) is 1.87. The molecule has 0 aliphatic carbocycles. The Morgan fingerprint density at radius 2 is 1.96 bits per heavy atom. The standard InChI is InChI=1S/C15H21F3N4O.2ClH/c1-11-2-3-12(9-20-11)8-14(23)21-10-13(15(16,17)18)22-6-4-19-5-7-22;;/h2-3,9,13,19H,4-8,10H2,1H3,(H,21,23);2*1H. The van der Waals surface area contributed by atoms with Gasteiger partial charge in [0.2, 0.25) is 5.91 Å². The summed E-state index contributed by atoms with van der Waals surface area (Å²) >= 11 is 0. The third-order valence-corrected chi connectivity index (χ3v) is 3.80. The minimum Gasteiger partial charge on any atom is -0.354 e. The molecule has 1 saturated heterocycles. The van der Waals surface area contributed by atoms with Crippen molar-refractivity contribution in [3.63, 3.8) is 0 Å². The van der Waals surface area contributed by atoms with Crippen LogP contribution in [0, 0.1) is 6.92 Å². The Labute approximate surface area is 157 Å². The first-order chi connectivity index (χ1) is 10.9. The molecule has 1 aromatic rings. The van der Waals surface area contributed by atoms with E-state index >= 15 is 0 Å². The molecule has 1 atom stereocenters. The normalized spacial score (nSPS) is 16.3. The first kappa shape index (κ1) is 23.9. The lowest BCUT2D eigenvalue weighted by Crippen LogP contribution is -2.57. The van der Waals surface area contributed by atoms with Gasteiger partial charge in [0.05, 0.1) is 6.42 Å². The second-order valence-corrected chi connectivity index (χ2v) is 5.63. The zero-order chi connectivity index (χ0) is 16.9. The summed E-state index contributed by atoms with van der Waals surface area (Å²) in [6.45, 7) is 3.09. The molecular formula is C15H23Cl2F3N4O. The number of carbonyl (C=O) groups is 1. The second kappa shape index (κ2) is 10.8. The third kappa shape index (κ3) is 7.77. The summed E-state index contributed by atoms with van der Waals surface area (Å²) in [6.07, 6.45) is -2.78. The van der Waals surface area contributed by atoms with Crippen molar-refractivity contribution in [2.75, 3.05) is 32.7 Å². The van der Waals surface area contributed by atoms with E-state index in [1.165, 1.54) is 4.90 Å². The molecule has 0 spiro atoms. The predicted molar refractivity (Wildman–Crippen MR) is 94.5 cm³/mol. The van der Waals surface area contributed by atoms with Crippen molar-refractivity contribution >= 4 is 30.7 Å². The number of hydrogen-bond donors (Lipinski definition) is 2. The van der Waals surface area contributed by atoms with Crippen LogP contribution < -0.4 is 10.6 Å². The van der Waals surface area contributed by atoms with E-state index in [0.717, 1.165) is 5.69 Å². The van der Waals surface area contributed by atoms with Crippen molar-refractivity contribution in [1.29, 1.82) is 0 Å². The molecule has 1 aliphatic rings. The van der Waals surface area contributed by atoms with Crippen molar-refractivity contribution in [3.8, 4) is 0 Å². The quantitative estimate of drug-likeness (QED) is 0.787. The van der Waals surface area contributed by atoms with Gasteiger partial charge in [-0.25, -0.2) is 0 Å². The van der Waals surface area contributed by atoms with Crippen LogP contribution in [-0.4, -0.2) is 60.7 Å². The van der Waals surface area contributed by atoms with E-state index in [-0.39, 0.29) is 31.2 Å². The average molecular weight is 403 g/mol. The van der Waals surface area contributed by atoms with Crippen LogP contribution >= 0.6 is 24.8 Å². The van der Waals surface area contributed by atoms with Gasteiger partial charge in [0, 0.05) is 44.6 Å². The zero-order valence-corrected chi connectivity index (χ0v) is 15.4. The van der Waals surface area contributed by atoms with Crippen molar-refractivity contribution in [3.05, 3.63) is 29.6 Å². The lowest BCUT2D eigenvalue weighted by Gasteiger charge is -2.35. The van der Waals surface area contributed by atoms with Crippen molar-refractivity contribution < 1.29 is 18.0 Å². The van der Waals surface area contributed by atoms with E-state index in [1.54, 1.807) is 18.3 Å². The molecule has 1 amide bonds. The molecule has 1 fully saturated rings. The number of pyridine rings is 1. The maximum absolute atomic E-state index is 13.2. The molecule has 5 nitrogen and oxygen atoms in total. The molecule has 25 heavy (non-hydrogen) atoms. The van der Waals surface area contributed by atoms with E-state index in [2.05, 4.69) is 15.6 Å². The largest absolute Gasteiger partial charge is 0.405 e. The Morgan fingerprint density at radius 3 is 2.48 bits per heavy atom. The molecule has 1 aromatic heterocycles. The Bertz CT molecular complexity index is 523. The van der Waals surface area contributed by atoms with Crippen LogP contribution in [0.4, 0.5) is 13.2 Å². The minimum absolute atomic E-state index is 0. The molecule has 2 heterocycles. The smallest absolute Gasteiger partial charge is 0.354 e. The summed E-state index contributed by atoms with van der Waals surface area (Å²) < 4.78 is 39.6. The van der Waals surface area contributed by atoms with Crippen molar-refractivity contribution in [1.82, 2.24) is 20.5 Å². The summed E-state index contributed by atoms with van der Waals surface area (Å²) in [5.41, 5.74) is 1.50. The highest BCUT2D eigenvalue weighted by Crippen LogP contribution is 2.24. The Morgan fingerprint density at radius 1 is 1.32 bits per heavy atom. The predicted octanol–water partition coefficient (Wildman–Crippen LogP) is 1.73. The number of amides is 1. The van der Waals surface area contributed by atoms with E-state index in [4.69, 9.17) is 0 Å². The number of rotatable bonds is 5. The lowest BCUT2D eigenvalue weighted by atomic mass is 10.1. The first-order valence-electron chi connectivity index (χ1n) is 7.56. The highest BCUT2D eigenvalue weighted by Gasteiger charge is 2.43. The molecule has 144 valence electrons. The lowest BCUT2D eigenvalue weighted by molar-refractivity contribution is -0.184. The maximum atomic E-state index is 13.2. The number of hydrogen-bond acceptors (Lipinski definition) is 4. The Kier molecular flexibility index (Phi) is 10.3. The number of halogens is 5. The van der Waals surface area contributed by atoms with E-state index < -0.39 is 24.7 Å². The summed E-state index contributed by atoms with van der Waals surface area (Å²) in [5.74, 6) is -0.431. The first-order valence-corrected chi connectivity index (χ1v) is 7.56. The van der Waals surface area contributed by atoms with Gasteiger partial charge < -0.3 is 10.6 Å². The number of piperazine rings is 1. The van der Waals surface area contributed by atoms with Gasteiger partial charge in [0.15, 0.2) is 0 Å². The number of alkyl halides is 3. The maximum Gasteiger partial charge on any atom is 0.405 e. The molecule has 1 aliphatic heterocycles. The second-order valence-electron chi connectivity index (χ2n) is 5.63. The fourth-order valence-corrected chi connectivity index (χ4v) is 2.51. The summed E-state index contributed by atoms with van der Waals surface area (Å²) in [5, 5.41) is 5.42. The molecule has 1 unspecified atom stereocenters. The van der Waals surface area contributed by atoms with E-state index in [0.29, 0.717) is 31.7 Å². The van der Waals surface area contributed by atoms with Crippen LogP contribution in [0.25, 0.3) is 0 Å². The van der Waals surface area contributed by atoms with Gasteiger partial charge in [0.1, 0.15) is 6.04 Å². The van der Waals surface area contributed by atoms with Crippen LogP contribution in [0.3, 0.4) is 0 Å². The van der Waals surface area contributed by atoms with Crippen molar-refractivity contribution in [2.24, 2.45) is 0 Å². The number of carbonyl (C=O) groups excluding carboxylic acids is 1. The van der Waals surface area contributed by atoms with E-state index in [1.807, 2.05) is 6.92 Å². The molecule has 2 rings (SSSR count). The van der Waals surface area contributed by atoms with Gasteiger partial charge in [-0.15, -0.1) is 24.8 Å². The van der Waals surface area contributed by atoms with Crippen LogP contribution in [0.2, 0.25) is 0 Å². The fraction of sp³-hybridized carbons (Fsp3) is 0.600. The molecular weight excluding hydrogens is 380 g/mol. The molecule has 0 radical (unpaired) electrons. The van der Waals surface area contributed by atoms with Crippen LogP contribution in [0.15, 0.2) is 18.3 Å². The number of aromatic nitrogens is 1. The topological polar surface area (TPSA) is 57.3 Å². The highest BCUT2D eigenvalue weighted by atomic mass is 35.5. The minimum atomic E-state index is -4.37. The molecule has 2 N–H and O–H groups in total. The monoisotopic (exact) mass is 402 g/mol. The number of aryl methyl sites for hydroxylation is 1. The van der Waals surface area contributed by atoms with Gasteiger partial charge in [-0.2, -0.15) is 13.2 Å². The van der Waals surface area contributed by atoms with Gasteiger partial charge in [-0.05, 0) is 18.6 Å². The Balaban J connectivity index is 0.00000288. The number of nitrogens with one attached hydrogen (secondary N) is 2. The van der Waals surface area contributed by atoms with Crippen LogP contribution in [0.1, 0.15) is 11.3 Å². The summed E-state index contributed by atoms with van der Waals surface area (Å²) in [4.78, 5) is 17.3. The SMILES string of the molecule is Cc1ccc(CC(=O)NCC(N2CCNCC2)C(F)(F)F)cn1.Cl.Cl. The highest BCUT2D eigenvalue weighted by molar-refractivity contribution is 5.85. The van der Waals surface area contributed by atoms with Gasteiger partial charge in [-0.1, -0.05) is 6.07 Å². The number of nitrogens with zero attached hydrogens (tertiary/aromatic N) is 2. The molecule has 0 saturated carbocycles. The summed E-state index contributed by atoms with van der Waals surface area (Å²) in [7, 11) is 0. The molecule has 0 bridgehead atoms. The van der Waals surface area contributed by atoms with Crippen LogP contribution in [0.5, 0.6) is 0 Å². The average Bonchev–Trinajstić information content (AvgIpc) is 2.49.